The summed E-state index contributed by atoms with van der Waals surface area (Å²) in [6.45, 7) is 0.355. The fourth-order valence-corrected chi connectivity index (χ4v) is 3.06. The van der Waals surface area contributed by atoms with Crippen molar-refractivity contribution in [1.82, 2.24) is 19.8 Å². The smallest absolute Gasteiger partial charge is 0.261 e. The number of para-hydroxylation sites is 1. The number of hydrogen-bond donors (Lipinski definition) is 1. The summed E-state index contributed by atoms with van der Waals surface area (Å²) in [5.41, 5.74) is 1.46. The van der Waals surface area contributed by atoms with Gasteiger partial charge in [-0.15, -0.1) is 0 Å². The van der Waals surface area contributed by atoms with Crippen molar-refractivity contribution in [1.29, 1.82) is 0 Å². The third kappa shape index (κ3) is 4.37. The maximum Gasteiger partial charge on any atom is 0.261 e. The zero-order valence-corrected chi connectivity index (χ0v) is 16.3. The van der Waals surface area contributed by atoms with Crippen molar-refractivity contribution in [2.75, 3.05) is 27.7 Å². The number of carbonyl (C=O) groups excluding carboxylic acids is 1. The second kappa shape index (κ2) is 8.67. The molecule has 28 heavy (non-hydrogen) atoms. The van der Waals surface area contributed by atoms with Gasteiger partial charge in [-0.1, -0.05) is 24.3 Å². The molecule has 0 bridgehead atoms. The average Bonchev–Trinajstić information content (AvgIpc) is 2.70. The molecule has 3 aromatic rings. The Labute approximate surface area is 163 Å². The van der Waals surface area contributed by atoms with E-state index in [1.807, 2.05) is 49.3 Å². The maximum atomic E-state index is 12.5. The summed E-state index contributed by atoms with van der Waals surface area (Å²) in [4.78, 5) is 31.2. The van der Waals surface area contributed by atoms with E-state index in [1.54, 1.807) is 25.3 Å². The zero-order chi connectivity index (χ0) is 20.1. The standard InChI is InChI=1S/C21H24N4O3/c1-24(2)19(15-8-10-16(28-3)11-9-15)12-22-20(26)13-25-14-23-18-7-5-4-6-17(18)21(25)27/h4-11,14,19H,12-13H2,1-3H3,(H,22,26). The lowest BCUT2D eigenvalue weighted by molar-refractivity contribution is -0.121. The summed E-state index contributed by atoms with van der Waals surface area (Å²) in [5.74, 6) is 0.549. The fourth-order valence-electron chi connectivity index (χ4n) is 3.06. The van der Waals surface area contributed by atoms with Crippen LogP contribution in [0.25, 0.3) is 10.9 Å². The molecule has 1 unspecified atom stereocenters. The third-order valence-corrected chi connectivity index (χ3v) is 4.66. The molecule has 0 aliphatic rings. The molecule has 0 radical (unpaired) electrons. The Morgan fingerprint density at radius 2 is 1.89 bits per heavy atom. The lowest BCUT2D eigenvalue weighted by Gasteiger charge is -2.25. The van der Waals surface area contributed by atoms with Crippen LogP contribution in [0.4, 0.5) is 0 Å². The second-order valence-corrected chi connectivity index (χ2v) is 6.75. The molecule has 1 amide bonds. The Balaban J connectivity index is 1.68. The highest BCUT2D eigenvalue weighted by atomic mass is 16.5. The Kier molecular flexibility index (Phi) is 6.06. The van der Waals surface area contributed by atoms with Gasteiger partial charge in [0, 0.05) is 6.54 Å². The minimum atomic E-state index is -0.237. The summed E-state index contributed by atoms with van der Waals surface area (Å²) < 4.78 is 6.52. The third-order valence-electron chi connectivity index (χ3n) is 4.66. The lowest BCUT2D eigenvalue weighted by Crippen LogP contribution is -2.37. The molecule has 0 spiro atoms. The maximum absolute atomic E-state index is 12.5. The molecule has 7 nitrogen and oxygen atoms in total. The molecule has 1 N–H and O–H groups in total. The Morgan fingerprint density at radius 3 is 2.57 bits per heavy atom. The number of likely N-dealkylation sites (N-methyl/N-ethyl adjacent to an activating group) is 1. The molecule has 0 saturated heterocycles. The van der Waals surface area contributed by atoms with Crippen LogP contribution in [-0.4, -0.2) is 48.1 Å². The predicted octanol–water partition coefficient (Wildman–Crippen LogP) is 1.82. The van der Waals surface area contributed by atoms with Gasteiger partial charge in [0.05, 0.1) is 30.4 Å². The summed E-state index contributed by atoms with van der Waals surface area (Å²) in [6.07, 6.45) is 1.41. The van der Waals surface area contributed by atoms with Crippen molar-refractivity contribution in [3.8, 4) is 5.75 Å². The van der Waals surface area contributed by atoms with Crippen LogP contribution in [0, 0.1) is 0 Å². The number of fused-ring (bicyclic) bond motifs is 1. The van der Waals surface area contributed by atoms with Gasteiger partial charge in [0.25, 0.3) is 5.56 Å². The number of benzene rings is 2. The monoisotopic (exact) mass is 380 g/mol. The first-order chi connectivity index (χ1) is 13.5. The normalized spacial score (nSPS) is 12.1. The second-order valence-electron chi connectivity index (χ2n) is 6.75. The number of ether oxygens (including phenoxy) is 1. The molecule has 7 heteroatoms. The number of nitrogens with one attached hydrogen (secondary N) is 1. The minimum absolute atomic E-state index is 0.00121. The first-order valence-electron chi connectivity index (χ1n) is 9.01. The van der Waals surface area contributed by atoms with E-state index >= 15 is 0 Å². The van der Waals surface area contributed by atoms with Crippen molar-refractivity contribution >= 4 is 16.8 Å². The molecule has 1 atom stereocenters. The Bertz CT molecular complexity index is 1010. The molecule has 0 aliphatic carbocycles. The highest BCUT2D eigenvalue weighted by Crippen LogP contribution is 2.20. The summed E-state index contributed by atoms with van der Waals surface area (Å²) in [6, 6.07) is 14.9. The number of methoxy groups -OCH3 is 1. The largest absolute Gasteiger partial charge is 0.497 e. The van der Waals surface area contributed by atoms with E-state index in [0.29, 0.717) is 17.4 Å². The van der Waals surface area contributed by atoms with Crippen molar-refractivity contribution in [3.63, 3.8) is 0 Å². The van der Waals surface area contributed by atoms with E-state index in [0.717, 1.165) is 11.3 Å². The van der Waals surface area contributed by atoms with E-state index in [2.05, 4.69) is 10.3 Å². The first-order valence-corrected chi connectivity index (χ1v) is 9.01. The fraction of sp³-hybridized carbons (Fsp3) is 0.286. The minimum Gasteiger partial charge on any atom is -0.497 e. The van der Waals surface area contributed by atoms with Crippen LogP contribution in [0.3, 0.4) is 0 Å². The van der Waals surface area contributed by atoms with Gasteiger partial charge in [-0.05, 0) is 43.9 Å². The zero-order valence-electron chi connectivity index (χ0n) is 16.3. The molecule has 2 aromatic carbocycles. The van der Waals surface area contributed by atoms with Crippen LogP contribution < -0.4 is 15.6 Å². The van der Waals surface area contributed by atoms with Crippen LogP contribution in [0.2, 0.25) is 0 Å². The van der Waals surface area contributed by atoms with Gasteiger partial charge in [-0.2, -0.15) is 0 Å². The molecule has 0 saturated carbocycles. The predicted molar refractivity (Wildman–Crippen MR) is 108 cm³/mol. The first kappa shape index (κ1) is 19.6. The molecule has 1 aromatic heterocycles. The number of rotatable bonds is 7. The number of amides is 1. The van der Waals surface area contributed by atoms with E-state index in [9.17, 15) is 9.59 Å². The number of hydrogen-bond acceptors (Lipinski definition) is 5. The van der Waals surface area contributed by atoms with Crippen LogP contribution in [0.15, 0.2) is 59.7 Å². The van der Waals surface area contributed by atoms with Crippen molar-refractivity contribution in [3.05, 3.63) is 70.8 Å². The summed E-state index contributed by atoms with van der Waals surface area (Å²) >= 11 is 0. The summed E-state index contributed by atoms with van der Waals surface area (Å²) in [7, 11) is 5.54. The van der Waals surface area contributed by atoms with Gasteiger partial charge < -0.3 is 15.0 Å². The van der Waals surface area contributed by atoms with Gasteiger partial charge in [0.2, 0.25) is 5.91 Å². The molecule has 1 heterocycles. The number of aromatic nitrogens is 2. The van der Waals surface area contributed by atoms with E-state index < -0.39 is 0 Å². The SMILES string of the molecule is COc1ccc(C(CNC(=O)Cn2cnc3ccccc3c2=O)N(C)C)cc1. The number of nitrogens with zero attached hydrogens (tertiary/aromatic N) is 3. The Morgan fingerprint density at radius 1 is 1.18 bits per heavy atom. The van der Waals surface area contributed by atoms with E-state index in [-0.39, 0.29) is 24.1 Å². The highest BCUT2D eigenvalue weighted by Gasteiger charge is 2.16. The van der Waals surface area contributed by atoms with Crippen LogP contribution in [0.5, 0.6) is 5.75 Å². The summed E-state index contributed by atoms with van der Waals surface area (Å²) in [5, 5.41) is 3.42. The van der Waals surface area contributed by atoms with Gasteiger partial charge in [-0.3, -0.25) is 14.2 Å². The Hall–Kier alpha value is -3.19. The van der Waals surface area contributed by atoms with Crippen LogP contribution in [-0.2, 0) is 11.3 Å². The molecule has 0 aliphatic heterocycles. The average molecular weight is 380 g/mol. The quantitative estimate of drug-likeness (QED) is 0.677. The van der Waals surface area contributed by atoms with Crippen LogP contribution >= 0.6 is 0 Å². The molecule has 0 fully saturated rings. The molecular formula is C21H24N4O3. The molecular weight excluding hydrogens is 356 g/mol. The van der Waals surface area contributed by atoms with Gasteiger partial charge >= 0.3 is 0 Å². The van der Waals surface area contributed by atoms with E-state index in [4.69, 9.17) is 4.74 Å². The molecule has 3 rings (SSSR count). The van der Waals surface area contributed by atoms with E-state index in [1.165, 1.54) is 10.9 Å². The topological polar surface area (TPSA) is 76.5 Å². The van der Waals surface area contributed by atoms with Crippen molar-refractivity contribution in [2.45, 2.75) is 12.6 Å². The van der Waals surface area contributed by atoms with Crippen molar-refractivity contribution in [2.24, 2.45) is 0 Å². The van der Waals surface area contributed by atoms with Crippen molar-refractivity contribution < 1.29 is 9.53 Å². The van der Waals surface area contributed by atoms with Gasteiger partial charge in [-0.25, -0.2) is 4.98 Å². The van der Waals surface area contributed by atoms with Gasteiger partial charge in [0.1, 0.15) is 12.3 Å². The van der Waals surface area contributed by atoms with Gasteiger partial charge in [0.15, 0.2) is 0 Å². The van der Waals surface area contributed by atoms with Crippen LogP contribution in [0.1, 0.15) is 11.6 Å². The highest BCUT2D eigenvalue weighted by molar-refractivity contribution is 5.78. The molecule has 146 valence electrons. The lowest BCUT2D eigenvalue weighted by atomic mass is 10.1. The number of carbonyl (C=O) groups is 1.